The number of nitrogens with one attached hydrogen (secondary N) is 1. The Hall–Kier alpha value is -0.980. The Morgan fingerprint density at radius 1 is 0.750 bits per heavy atom. The fourth-order valence-corrected chi connectivity index (χ4v) is 2.69. The molecule has 1 heteroatoms. The van der Waals surface area contributed by atoms with Crippen molar-refractivity contribution in [1.82, 2.24) is 0 Å². The third-order valence-corrected chi connectivity index (χ3v) is 3.96. The van der Waals surface area contributed by atoms with E-state index in [2.05, 4.69) is 49.5 Å². The molecule has 114 valence electrons. The lowest BCUT2D eigenvalue weighted by Crippen LogP contribution is -2.19. The number of para-hydroxylation sites is 1. The first kappa shape index (κ1) is 17.1. The lowest BCUT2D eigenvalue weighted by Gasteiger charge is -2.20. The third kappa shape index (κ3) is 8.24. The van der Waals surface area contributed by atoms with Crippen LogP contribution in [0.1, 0.15) is 78.1 Å². The maximum Gasteiger partial charge on any atom is 0.0342 e. The number of unbranched alkanes of at least 4 members (excludes halogenated alkanes) is 6. The first-order chi connectivity index (χ1) is 9.86. The Kier molecular flexibility index (Phi) is 10.1. The molecule has 0 saturated carbocycles. The van der Waals surface area contributed by atoms with Crippen LogP contribution < -0.4 is 5.32 Å². The summed E-state index contributed by atoms with van der Waals surface area (Å²) in [4.78, 5) is 0. The van der Waals surface area contributed by atoms with E-state index in [9.17, 15) is 0 Å². The minimum atomic E-state index is 0.658. The molecule has 0 bridgehead atoms. The first-order valence-corrected chi connectivity index (χ1v) is 8.68. The standard InChI is InChI=1S/C19H33N/c1-3-5-7-8-11-15-18(14-10-6-4-2)20-19-16-12-9-13-17-19/h9,12-13,16-18,20H,3-8,10-11,14-15H2,1-2H3. The molecule has 1 N–H and O–H groups in total. The summed E-state index contributed by atoms with van der Waals surface area (Å²) in [6, 6.07) is 11.3. The van der Waals surface area contributed by atoms with E-state index in [4.69, 9.17) is 0 Å². The third-order valence-electron chi connectivity index (χ3n) is 3.96. The van der Waals surface area contributed by atoms with Crippen LogP contribution in [0.3, 0.4) is 0 Å². The molecule has 0 aliphatic heterocycles. The van der Waals surface area contributed by atoms with Gasteiger partial charge in [0.1, 0.15) is 0 Å². The van der Waals surface area contributed by atoms with Crippen molar-refractivity contribution in [3.8, 4) is 0 Å². The quantitative estimate of drug-likeness (QED) is 0.435. The molecule has 0 aromatic heterocycles. The van der Waals surface area contributed by atoms with Gasteiger partial charge in [0, 0.05) is 11.7 Å². The number of benzene rings is 1. The van der Waals surface area contributed by atoms with Crippen molar-refractivity contribution in [3.63, 3.8) is 0 Å². The zero-order chi connectivity index (χ0) is 14.5. The molecule has 1 atom stereocenters. The van der Waals surface area contributed by atoms with Crippen LogP contribution in [0.5, 0.6) is 0 Å². The molecule has 0 amide bonds. The minimum absolute atomic E-state index is 0.658. The predicted octanol–water partition coefficient (Wildman–Crippen LogP) is 6.41. The maximum atomic E-state index is 3.73. The summed E-state index contributed by atoms with van der Waals surface area (Å²) in [6.45, 7) is 4.56. The van der Waals surface area contributed by atoms with E-state index in [1.54, 1.807) is 0 Å². The molecular formula is C19H33N. The van der Waals surface area contributed by atoms with Gasteiger partial charge in [-0.3, -0.25) is 0 Å². The van der Waals surface area contributed by atoms with Gasteiger partial charge in [0.25, 0.3) is 0 Å². The molecule has 1 aromatic carbocycles. The fourth-order valence-electron chi connectivity index (χ4n) is 2.69. The zero-order valence-corrected chi connectivity index (χ0v) is 13.5. The van der Waals surface area contributed by atoms with E-state index in [1.807, 2.05) is 0 Å². The van der Waals surface area contributed by atoms with Crippen molar-refractivity contribution < 1.29 is 0 Å². The number of anilines is 1. The topological polar surface area (TPSA) is 12.0 Å². The van der Waals surface area contributed by atoms with E-state index in [0.717, 1.165) is 0 Å². The van der Waals surface area contributed by atoms with Crippen LogP contribution in [0, 0.1) is 0 Å². The van der Waals surface area contributed by atoms with Gasteiger partial charge in [-0.2, -0.15) is 0 Å². The van der Waals surface area contributed by atoms with Gasteiger partial charge in [0.2, 0.25) is 0 Å². The highest BCUT2D eigenvalue weighted by Crippen LogP contribution is 2.17. The SMILES string of the molecule is CCCCCCCC(CCCCC)Nc1ccccc1. The van der Waals surface area contributed by atoms with Crippen LogP contribution in [-0.4, -0.2) is 6.04 Å². The van der Waals surface area contributed by atoms with Gasteiger partial charge in [0.05, 0.1) is 0 Å². The Morgan fingerprint density at radius 3 is 1.95 bits per heavy atom. The molecule has 0 heterocycles. The molecule has 1 aromatic rings. The molecule has 1 unspecified atom stereocenters. The number of hydrogen-bond acceptors (Lipinski definition) is 1. The first-order valence-electron chi connectivity index (χ1n) is 8.68. The zero-order valence-electron chi connectivity index (χ0n) is 13.5. The summed E-state index contributed by atoms with van der Waals surface area (Å²) in [5.41, 5.74) is 1.28. The molecule has 0 aliphatic carbocycles. The summed E-state index contributed by atoms with van der Waals surface area (Å²) < 4.78 is 0. The smallest absolute Gasteiger partial charge is 0.0342 e. The molecule has 0 saturated heterocycles. The molecule has 0 radical (unpaired) electrons. The second kappa shape index (κ2) is 11.8. The van der Waals surface area contributed by atoms with Crippen LogP contribution in [0.4, 0.5) is 5.69 Å². The van der Waals surface area contributed by atoms with Crippen LogP contribution in [0.25, 0.3) is 0 Å². The Labute approximate surface area is 126 Å². The average Bonchev–Trinajstić information content (AvgIpc) is 2.48. The van der Waals surface area contributed by atoms with Gasteiger partial charge < -0.3 is 5.32 Å². The van der Waals surface area contributed by atoms with Gasteiger partial charge in [-0.25, -0.2) is 0 Å². The van der Waals surface area contributed by atoms with Crippen LogP contribution in [-0.2, 0) is 0 Å². The average molecular weight is 275 g/mol. The minimum Gasteiger partial charge on any atom is -0.382 e. The Morgan fingerprint density at radius 2 is 1.30 bits per heavy atom. The molecule has 0 fully saturated rings. The van der Waals surface area contributed by atoms with Crippen molar-refractivity contribution in [3.05, 3.63) is 30.3 Å². The van der Waals surface area contributed by atoms with Gasteiger partial charge in [-0.1, -0.05) is 83.4 Å². The molecule has 0 aliphatic rings. The summed E-state index contributed by atoms with van der Waals surface area (Å²) in [6.07, 6.45) is 13.6. The second-order valence-electron chi connectivity index (χ2n) is 5.91. The van der Waals surface area contributed by atoms with Crippen molar-refractivity contribution in [1.29, 1.82) is 0 Å². The Bertz CT molecular complexity index is 307. The van der Waals surface area contributed by atoms with Crippen molar-refractivity contribution >= 4 is 5.69 Å². The van der Waals surface area contributed by atoms with E-state index < -0.39 is 0 Å². The van der Waals surface area contributed by atoms with E-state index in [0.29, 0.717) is 6.04 Å². The van der Waals surface area contributed by atoms with Crippen molar-refractivity contribution in [2.24, 2.45) is 0 Å². The van der Waals surface area contributed by atoms with Crippen LogP contribution in [0.15, 0.2) is 30.3 Å². The number of hydrogen-bond donors (Lipinski definition) is 1. The predicted molar refractivity (Wildman–Crippen MR) is 91.4 cm³/mol. The lowest BCUT2D eigenvalue weighted by atomic mass is 10.0. The Balaban J connectivity index is 2.31. The van der Waals surface area contributed by atoms with Gasteiger partial charge >= 0.3 is 0 Å². The summed E-state index contributed by atoms with van der Waals surface area (Å²) in [5.74, 6) is 0. The summed E-state index contributed by atoms with van der Waals surface area (Å²) in [5, 5.41) is 3.73. The molecule has 1 rings (SSSR count). The van der Waals surface area contributed by atoms with Gasteiger partial charge in [-0.15, -0.1) is 0 Å². The summed E-state index contributed by atoms with van der Waals surface area (Å²) in [7, 11) is 0. The van der Waals surface area contributed by atoms with Crippen molar-refractivity contribution in [2.45, 2.75) is 84.1 Å². The molecule has 20 heavy (non-hydrogen) atoms. The second-order valence-corrected chi connectivity index (χ2v) is 5.91. The van der Waals surface area contributed by atoms with Gasteiger partial charge in [0.15, 0.2) is 0 Å². The monoisotopic (exact) mass is 275 g/mol. The van der Waals surface area contributed by atoms with E-state index in [-0.39, 0.29) is 0 Å². The van der Waals surface area contributed by atoms with Crippen LogP contribution >= 0.6 is 0 Å². The summed E-state index contributed by atoms with van der Waals surface area (Å²) >= 11 is 0. The molecule has 0 spiro atoms. The fraction of sp³-hybridized carbons (Fsp3) is 0.684. The normalized spacial score (nSPS) is 12.3. The van der Waals surface area contributed by atoms with Crippen LogP contribution in [0.2, 0.25) is 0 Å². The van der Waals surface area contributed by atoms with Crippen molar-refractivity contribution in [2.75, 3.05) is 5.32 Å². The molecular weight excluding hydrogens is 242 g/mol. The largest absolute Gasteiger partial charge is 0.382 e. The van der Waals surface area contributed by atoms with Gasteiger partial charge in [-0.05, 0) is 25.0 Å². The highest BCUT2D eigenvalue weighted by atomic mass is 14.9. The highest BCUT2D eigenvalue weighted by molar-refractivity contribution is 5.43. The number of rotatable bonds is 12. The maximum absolute atomic E-state index is 3.73. The highest BCUT2D eigenvalue weighted by Gasteiger charge is 2.08. The molecule has 1 nitrogen and oxygen atoms in total. The lowest BCUT2D eigenvalue weighted by molar-refractivity contribution is 0.515. The van der Waals surface area contributed by atoms with E-state index in [1.165, 1.54) is 69.9 Å². The van der Waals surface area contributed by atoms with E-state index >= 15 is 0 Å².